The molecule has 2 rings (SSSR count). The number of nitrogens with zero attached hydrogens (tertiary/aromatic N) is 1. The molecule has 2 aromatic rings. The molecule has 0 aliphatic heterocycles. The smallest absolute Gasteiger partial charge is 0.316 e. The Bertz CT molecular complexity index is 590. The highest BCUT2D eigenvalue weighted by atomic mass is 19.4. The fourth-order valence-corrected chi connectivity index (χ4v) is 1.67. The zero-order valence-corrected chi connectivity index (χ0v) is 9.41. The first kappa shape index (κ1) is 12.6. The highest BCUT2D eigenvalue weighted by Gasteiger charge is 2.37. The van der Waals surface area contributed by atoms with E-state index in [-0.39, 0.29) is 5.56 Å². The second kappa shape index (κ2) is 4.42. The van der Waals surface area contributed by atoms with Crippen molar-refractivity contribution in [3.63, 3.8) is 0 Å². The monoisotopic (exact) mass is 252 g/mol. The van der Waals surface area contributed by atoms with Crippen LogP contribution in [0.3, 0.4) is 0 Å². The van der Waals surface area contributed by atoms with Crippen LogP contribution in [-0.4, -0.2) is 11.2 Å². The van der Waals surface area contributed by atoms with E-state index in [1.54, 1.807) is 18.3 Å². The van der Waals surface area contributed by atoms with Crippen molar-refractivity contribution in [2.24, 2.45) is 5.73 Å². The molecule has 2 N–H and O–H groups in total. The number of alkyl halides is 3. The number of hydrogen-bond acceptors (Lipinski definition) is 2. The first-order chi connectivity index (χ1) is 8.41. The lowest BCUT2D eigenvalue weighted by Gasteiger charge is -2.16. The molecule has 1 atom stereocenters. The van der Waals surface area contributed by atoms with Gasteiger partial charge in [0.05, 0.1) is 5.69 Å². The minimum atomic E-state index is -4.44. The highest BCUT2D eigenvalue weighted by molar-refractivity contribution is 5.83. The van der Waals surface area contributed by atoms with E-state index < -0.39 is 12.2 Å². The van der Waals surface area contributed by atoms with E-state index in [1.165, 1.54) is 18.2 Å². The molecule has 2 nitrogen and oxygen atoms in total. The minimum Gasteiger partial charge on any atom is -0.316 e. The van der Waals surface area contributed by atoms with Gasteiger partial charge in [-0.1, -0.05) is 18.7 Å². The van der Waals surface area contributed by atoms with Crippen LogP contribution in [0.5, 0.6) is 0 Å². The molecule has 0 saturated carbocycles. The van der Waals surface area contributed by atoms with Gasteiger partial charge in [-0.2, -0.15) is 13.2 Å². The highest BCUT2D eigenvalue weighted by Crippen LogP contribution is 2.31. The first-order valence-corrected chi connectivity index (χ1v) is 5.26. The van der Waals surface area contributed by atoms with Crippen LogP contribution in [-0.2, 0) is 0 Å². The Morgan fingerprint density at radius 3 is 2.56 bits per heavy atom. The summed E-state index contributed by atoms with van der Waals surface area (Å²) in [5.74, 6) is 0. The lowest BCUT2D eigenvalue weighted by Crippen LogP contribution is -2.28. The topological polar surface area (TPSA) is 38.9 Å². The number of pyridine rings is 1. The van der Waals surface area contributed by atoms with Crippen molar-refractivity contribution in [2.75, 3.05) is 0 Å². The van der Waals surface area contributed by atoms with E-state index in [9.17, 15) is 13.2 Å². The summed E-state index contributed by atoms with van der Waals surface area (Å²) < 4.78 is 37.6. The van der Waals surface area contributed by atoms with Gasteiger partial charge in [0.15, 0.2) is 0 Å². The van der Waals surface area contributed by atoms with Gasteiger partial charge in [0.2, 0.25) is 0 Å². The van der Waals surface area contributed by atoms with Gasteiger partial charge in [0.25, 0.3) is 0 Å². The Kier molecular flexibility index (Phi) is 3.09. The Hall–Kier alpha value is -1.88. The van der Waals surface area contributed by atoms with Crippen molar-refractivity contribution in [1.82, 2.24) is 4.98 Å². The zero-order chi connectivity index (χ0) is 13.3. The number of rotatable bonds is 2. The SMILES string of the molecule is C=Cc1cc2cc(C(N)C(F)(F)F)ccc2cn1. The Morgan fingerprint density at radius 2 is 1.94 bits per heavy atom. The van der Waals surface area contributed by atoms with Crippen molar-refractivity contribution >= 4 is 16.8 Å². The van der Waals surface area contributed by atoms with Crippen LogP contribution in [0.2, 0.25) is 0 Å². The van der Waals surface area contributed by atoms with Crippen molar-refractivity contribution in [3.05, 3.63) is 48.3 Å². The maximum Gasteiger partial charge on any atom is 0.407 e. The first-order valence-electron chi connectivity index (χ1n) is 5.26. The van der Waals surface area contributed by atoms with Crippen LogP contribution in [0.15, 0.2) is 37.0 Å². The molecule has 0 aliphatic rings. The predicted octanol–water partition coefficient (Wildman–Crippen LogP) is 3.44. The number of benzene rings is 1. The van der Waals surface area contributed by atoms with E-state index in [2.05, 4.69) is 11.6 Å². The summed E-state index contributed by atoms with van der Waals surface area (Å²) >= 11 is 0. The summed E-state index contributed by atoms with van der Waals surface area (Å²) in [5, 5.41) is 1.43. The summed E-state index contributed by atoms with van der Waals surface area (Å²) in [6, 6.07) is 4.09. The van der Waals surface area contributed by atoms with Crippen molar-refractivity contribution in [1.29, 1.82) is 0 Å². The molecule has 0 aliphatic carbocycles. The van der Waals surface area contributed by atoms with Gasteiger partial charge in [-0.15, -0.1) is 0 Å². The zero-order valence-electron chi connectivity index (χ0n) is 9.41. The molecule has 0 amide bonds. The lowest BCUT2D eigenvalue weighted by atomic mass is 10.0. The third-order valence-corrected chi connectivity index (χ3v) is 2.69. The Morgan fingerprint density at radius 1 is 1.22 bits per heavy atom. The van der Waals surface area contributed by atoms with E-state index in [4.69, 9.17) is 5.73 Å². The fraction of sp³-hybridized carbons (Fsp3) is 0.154. The Balaban J connectivity index is 2.52. The normalized spacial score (nSPS) is 13.6. The fourth-order valence-electron chi connectivity index (χ4n) is 1.67. The summed E-state index contributed by atoms with van der Waals surface area (Å²) in [4.78, 5) is 4.08. The van der Waals surface area contributed by atoms with Gasteiger partial charge in [0.1, 0.15) is 6.04 Å². The number of halogens is 3. The van der Waals surface area contributed by atoms with Gasteiger partial charge in [-0.3, -0.25) is 4.98 Å². The molecule has 5 heteroatoms. The molecule has 94 valence electrons. The number of hydrogen-bond donors (Lipinski definition) is 1. The van der Waals surface area contributed by atoms with Crippen LogP contribution in [0, 0.1) is 0 Å². The van der Waals surface area contributed by atoms with Crippen molar-refractivity contribution in [3.8, 4) is 0 Å². The standard InChI is InChI=1S/C13H11F3N2/c1-2-11-6-10-5-8(12(17)13(14,15)16)3-4-9(10)7-18-11/h2-7,12H,1,17H2. The molecule has 0 radical (unpaired) electrons. The van der Waals surface area contributed by atoms with Gasteiger partial charge < -0.3 is 5.73 Å². The van der Waals surface area contributed by atoms with E-state index >= 15 is 0 Å². The largest absolute Gasteiger partial charge is 0.407 e. The third kappa shape index (κ3) is 2.36. The van der Waals surface area contributed by atoms with Crippen LogP contribution in [0.4, 0.5) is 13.2 Å². The number of fused-ring (bicyclic) bond motifs is 1. The molecule has 1 aromatic carbocycles. The van der Waals surface area contributed by atoms with Crippen LogP contribution in [0.1, 0.15) is 17.3 Å². The third-order valence-electron chi connectivity index (χ3n) is 2.69. The molecule has 0 spiro atoms. The van der Waals surface area contributed by atoms with Gasteiger partial charge >= 0.3 is 6.18 Å². The molecule has 1 heterocycles. The average Bonchev–Trinajstić information content (AvgIpc) is 2.35. The summed E-state index contributed by atoms with van der Waals surface area (Å²) in [5.41, 5.74) is 5.82. The second-order valence-corrected chi connectivity index (χ2v) is 3.94. The molecule has 0 fully saturated rings. The molecular formula is C13H11F3N2. The van der Waals surface area contributed by atoms with Gasteiger partial charge in [0, 0.05) is 11.6 Å². The number of nitrogens with two attached hydrogens (primary N) is 1. The van der Waals surface area contributed by atoms with Crippen molar-refractivity contribution in [2.45, 2.75) is 12.2 Å². The van der Waals surface area contributed by atoms with Crippen LogP contribution >= 0.6 is 0 Å². The lowest BCUT2D eigenvalue weighted by molar-refractivity contribution is -0.149. The van der Waals surface area contributed by atoms with E-state index in [1.807, 2.05) is 0 Å². The average molecular weight is 252 g/mol. The van der Waals surface area contributed by atoms with Crippen molar-refractivity contribution < 1.29 is 13.2 Å². The molecule has 0 bridgehead atoms. The predicted molar refractivity (Wildman–Crippen MR) is 64.8 cm³/mol. The molecule has 1 unspecified atom stereocenters. The maximum absolute atomic E-state index is 12.5. The summed E-state index contributed by atoms with van der Waals surface area (Å²) in [6.07, 6.45) is -1.31. The van der Waals surface area contributed by atoms with Crippen LogP contribution in [0.25, 0.3) is 16.8 Å². The maximum atomic E-state index is 12.5. The van der Waals surface area contributed by atoms with E-state index in [0.29, 0.717) is 11.1 Å². The van der Waals surface area contributed by atoms with Gasteiger partial charge in [-0.05, 0) is 29.2 Å². The second-order valence-electron chi connectivity index (χ2n) is 3.94. The molecule has 18 heavy (non-hydrogen) atoms. The van der Waals surface area contributed by atoms with E-state index in [0.717, 1.165) is 5.39 Å². The number of aromatic nitrogens is 1. The quantitative estimate of drug-likeness (QED) is 0.889. The molecule has 0 saturated heterocycles. The molecular weight excluding hydrogens is 241 g/mol. The minimum absolute atomic E-state index is 0.0382. The summed E-state index contributed by atoms with van der Waals surface area (Å²) in [6.45, 7) is 3.57. The van der Waals surface area contributed by atoms with Gasteiger partial charge in [-0.25, -0.2) is 0 Å². The Labute approximate surface area is 102 Å². The molecule has 1 aromatic heterocycles. The van der Waals surface area contributed by atoms with Crippen LogP contribution < -0.4 is 5.73 Å². The summed E-state index contributed by atoms with van der Waals surface area (Å²) in [7, 11) is 0.